The Balaban J connectivity index is 0.00000225. The summed E-state index contributed by atoms with van der Waals surface area (Å²) < 4.78 is 3.11. The predicted molar refractivity (Wildman–Crippen MR) is 110 cm³/mol. The molecule has 2 saturated heterocycles. The Morgan fingerprint density at radius 2 is 1.79 bits per heavy atom. The summed E-state index contributed by atoms with van der Waals surface area (Å²) in [6, 6.07) is 5.88. The van der Waals surface area contributed by atoms with Gasteiger partial charge in [-0.15, -0.1) is 12.4 Å². The Morgan fingerprint density at radius 1 is 1.07 bits per heavy atom. The van der Waals surface area contributed by atoms with E-state index >= 15 is 0 Å². The summed E-state index contributed by atoms with van der Waals surface area (Å²) in [5, 5.41) is 5.67. The maximum Gasteiger partial charge on any atom is 0.329 e. The minimum absolute atomic E-state index is 0. The Hall–Kier alpha value is -2.32. The summed E-state index contributed by atoms with van der Waals surface area (Å²) in [4.78, 5) is 38.9. The molecule has 8 nitrogen and oxygen atoms in total. The molecule has 0 aliphatic carbocycles. The summed E-state index contributed by atoms with van der Waals surface area (Å²) in [5.41, 5.74) is 2.39. The summed E-state index contributed by atoms with van der Waals surface area (Å²) in [6.07, 6.45) is 2.77. The molecule has 2 aliphatic heterocycles. The Morgan fingerprint density at radius 3 is 2.43 bits per heavy atom. The minimum Gasteiger partial charge on any atom is -0.371 e. The third-order valence-electron chi connectivity index (χ3n) is 5.86. The molecule has 1 aromatic carbocycles. The molecule has 2 aromatic rings. The van der Waals surface area contributed by atoms with E-state index in [0.29, 0.717) is 12.5 Å². The van der Waals surface area contributed by atoms with Gasteiger partial charge >= 0.3 is 5.69 Å². The predicted octanol–water partition coefficient (Wildman–Crippen LogP) is 0.928. The fourth-order valence-corrected chi connectivity index (χ4v) is 4.20. The second-order valence-corrected chi connectivity index (χ2v) is 7.40. The molecule has 1 atom stereocenters. The van der Waals surface area contributed by atoms with Crippen molar-refractivity contribution >= 4 is 40.9 Å². The first kappa shape index (κ1) is 20.4. The van der Waals surface area contributed by atoms with Gasteiger partial charge in [0.25, 0.3) is 0 Å². The molecule has 2 amide bonds. The zero-order chi connectivity index (χ0) is 19.1. The number of imide groups is 1. The number of hydrogen-bond donors (Lipinski definition) is 2. The minimum atomic E-state index is -0.642. The molecule has 1 aromatic heterocycles. The molecule has 2 N–H and O–H groups in total. The van der Waals surface area contributed by atoms with E-state index in [1.807, 2.05) is 25.2 Å². The van der Waals surface area contributed by atoms with Gasteiger partial charge in [-0.2, -0.15) is 0 Å². The highest BCUT2D eigenvalue weighted by atomic mass is 35.5. The number of carbonyl (C=O) groups excluding carboxylic acids is 2. The molecular weight excluding hydrogens is 382 g/mol. The van der Waals surface area contributed by atoms with Crippen molar-refractivity contribution in [1.29, 1.82) is 0 Å². The normalized spacial score (nSPS) is 20.9. The average Bonchev–Trinajstić information content (AvgIpc) is 2.92. The lowest BCUT2D eigenvalue weighted by atomic mass is 10.0. The second kappa shape index (κ2) is 7.97. The lowest BCUT2D eigenvalue weighted by molar-refractivity contribution is -0.135. The number of rotatable bonds is 3. The molecule has 3 heterocycles. The largest absolute Gasteiger partial charge is 0.371 e. The van der Waals surface area contributed by atoms with E-state index in [1.54, 1.807) is 11.6 Å². The molecule has 152 valence electrons. The Bertz CT molecular complexity index is 958. The number of imidazole rings is 1. The average molecular weight is 408 g/mol. The molecule has 0 bridgehead atoms. The van der Waals surface area contributed by atoms with Crippen molar-refractivity contribution in [3.05, 3.63) is 28.7 Å². The van der Waals surface area contributed by atoms with Crippen LogP contribution < -0.4 is 21.2 Å². The standard InChI is InChI=1S/C19H25N5O3.ClH/c1-20-12-7-9-23(10-8-12)13-3-4-14-16(11-13)22(2)19(27)24(14)15-5-6-17(25)21-18(15)26;/h3-4,11-12,15,20H,5-10H2,1-2H3,(H,21,25,26);1H. The highest BCUT2D eigenvalue weighted by Gasteiger charge is 2.31. The molecule has 0 radical (unpaired) electrons. The number of amides is 2. The topological polar surface area (TPSA) is 88.4 Å². The van der Waals surface area contributed by atoms with Crippen LogP contribution in [0.1, 0.15) is 31.7 Å². The molecule has 1 unspecified atom stereocenters. The smallest absolute Gasteiger partial charge is 0.329 e. The number of aromatic nitrogens is 2. The van der Waals surface area contributed by atoms with Crippen LogP contribution in [0.3, 0.4) is 0 Å². The Labute approximate surface area is 169 Å². The van der Waals surface area contributed by atoms with Crippen LogP contribution in [-0.4, -0.2) is 47.1 Å². The zero-order valence-electron chi connectivity index (χ0n) is 16.1. The fraction of sp³-hybridized carbons (Fsp3) is 0.526. The molecule has 0 spiro atoms. The highest BCUT2D eigenvalue weighted by molar-refractivity contribution is 6.00. The number of halogens is 1. The maximum atomic E-state index is 12.8. The molecule has 4 rings (SSSR count). The van der Waals surface area contributed by atoms with Crippen molar-refractivity contribution in [3.63, 3.8) is 0 Å². The van der Waals surface area contributed by atoms with E-state index in [1.165, 1.54) is 4.57 Å². The molecule has 2 aliphatic rings. The number of nitrogens with zero attached hydrogens (tertiary/aromatic N) is 3. The summed E-state index contributed by atoms with van der Waals surface area (Å²) in [5.74, 6) is -0.684. The monoisotopic (exact) mass is 407 g/mol. The summed E-state index contributed by atoms with van der Waals surface area (Å²) in [7, 11) is 3.73. The third-order valence-corrected chi connectivity index (χ3v) is 5.86. The van der Waals surface area contributed by atoms with Gasteiger partial charge < -0.3 is 10.2 Å². The number of carbonyl (C=O) groups is 2. The number of hydrogen-bond acceptors (Lipinski definition) is 5. The first-order valence-electron chi connectivity index (χ1n) is 9.46. The van der Waals surface area contributed by atoms with Crippen LogP contribution in [0, 0.1) is 0 Å². The van der Waals surface area contributed by atoms with Gasteiger partial charge in [0.15, 0.2) is 0 Å². The van der Waals surface area contributed by atoms with Crippen molar-refractivity contribution in [2.75, 3.05) is 25.0 Å². The van der Waals surface area contributed by atoms with E-state index < -0.39 is 11.9 Å². The fourth-order valence-electron chi connectivity index (χ4n) is 4.20. The van der Waals surface area contributed by atoms with Crippen LogP contribution in [0.2, 0.25) is 0 Å². The number of aryl methyl sites for hydroxylation is 1. The molecule has 2 fully saturated rings. The van der Waals surface area contributed by atoms with Crippen LogP contribution in [0.25, 0.3) is 11.0 Å². The van der Waals surface area contributed by atoms with E-state index in [4.69, 9.17) is 0 Å². The van der Waals surface area contributed by atoms with Gasteiger partial charge in [-0.1, -0.05) is 0 Å². The van der Waals surface area contributed by atoms with Crippen LogP contribution in [0.5, 0.6) is 0 Å². The van der Waals surface area contributed by atoms with Gasteiger partial charge in [-0.25, -0.2) is 4.79 Å². The first-order chi connectivity index (χ1) is 13.0. The van der Waals surface area contributed by atoms with Crippen molar-refractivity contribution in [3.8, 4) is 0 Å². The van der Waals surface area contributed by atoms with Crippen molar-refractivity contribution in [2.24, 2.45) is 7.05 Å². The van der Waals surface area contributed by atoms with E-state index in [0.717, 1.165) is 42.7 Å². The SMILES string of the molecule is CNC1CCN(c2ccc3c(c2)n(C)c(=O)n3C2CCC(=O)NC2=O)CC1.Cl. The molecular formula is C19H26ClN5O3. The van der Waals surface area contributed by atoms with Crippen molar-refractivity contribution in [2.45, 2.75) is 37.8 Å². The third kappa shape index (κ3) is 3.42. The van der Waals surface area contributed by atoms with E-state index in [-0.39, 0.29) is 30.4 Å². The zero-order valence-corrected chi connectivity index (χ0v) is 16.9. The number of anilines is 1. The Kier molecular flexibility index (Phi) is 5.81. The van der Waals surface area contributed by atoms with Crippen LogP contribution in [-0.2, 0) is 16.6 Å². The maximum absolute atomic E-state index is 12.8. The second-order valence-electron chi connectivity index (χ2n) is 7.40. The molecule has 0 saturated carbocycles. The van der Waals surface area contributed by atoms with E-state index in [2.05, 4.69) is 15.5 Å². The lowest BCUT2D eigenvalue weighted by Gasteiger charge is -2.33. The van der Waals surface area contributed by atoms with Crippen LogP contribution in [0.15, 0.2) is 23.0 Å². The quantitative estimate of drug-likeness (QED) is 0.739. The molecule has 9 heteroatoms. The van der Waals surface area contributed by atoms with Crippen molar-refractivity contribution in [1.82, 2.24) is 19.8 Å². The van der Waals surface area contributed by atoms with Crippen molar-refractivity contribution < 1.29 is 9.59 Å². The van der Waals surface area contributed by atoms with Gasteiger partial charge in [0, 0.05) is 38.3 Å². The summed E-state index contributed by atoms with van der Waals surface area (Å²) in [6.45, 7) is 1.94. The first-order valence-corrected chi connectivity index (χ1v) is 9.46. The van der Waals surface area contributed by atoms with Gasteiger partial charge in [0.2, 0.25) is 11.8 Å². The van der Waals surface area contributed by atoms with Crippen LogP contribution >= 0.6 is 12.4 Å². The number of piperidine rings is 2. The van der Waals surface area contributed by atoms with Gasteiger partial charge in [-0.05, 0) is 44.5 Å². The number of nitrogens with one attached hydrogen (secondary N) is 2. The number of benzene rings is 1. The van der Waals surface area contributed by atoms with Gasteiger partial charge in [-0.3, -0.25) is 24.0 Å². The van der Waals surface area contributed by atoms with Gasteiger partial charge in [0.05, 0.1) is 11.0 Å². The lowest BCUT2D eigenvalue weighted by Crippen LogP contribution is -2.44. The highest BCUT2D eigenvalue weighted by Crippen LogP contribution is 2.27. The molecule has 28 heavy (non-hydrogen) atoms. The van der Waals surface area contributed by atoms with Crippen LogP contribution in [0.4, 0.5) is 5.69 Å². The van der Waals surface area contributed by atoms with Gasteiger partial charge in [0.1, 0.15) is 6.04 Å². The summed E-state index contributed by atoms with van der Waals surface area (Å²) >= 11 is 0. The number of fused-ring (bicyclic) bond motifs is 1. The van der Waals surface area contributed by atoms with E-state index in [9.17, 15) is 14.4 Å².